The number of urea groups is 1. The highest BCUT2D eigenvalue weighted by molar-refractivity contribution is 6.01. The van der Waals surface area contributed by atoms with Crippen molar-refractivity contribution < 1.29 is 19.5 Å². The van der Waals surface area contributed by atoms with Crippen LogP contribution in [0.2, 0.25) is 0 Å². The minimum atomic E-state index is -0.886. The van der Waals surface area contributed by atoms with Crippen molar-refractivity contribution in [2.45, 2.75) is 19.3 Å². The third-order valence-corrected chi connectivity index (χ3v) is 5.85. The molecule has 0 aliphatic heterocycles. The van der Waals surface area contributed by atoms with E-state index in [1.165, 1.54) is 0 Å². The normalized spacial score (nSPS) is 17.5. The van der Waals surface area contributed by atoms with Crippen molar-refractivity contribution in [3.05, 3.63) is 84.4 Å². The number of carbonyl (C=O) groups excluding carboxylic acids is 2. The molecule has 6 nitrogen and oxygen atoms in total. The molecule has 1 aliphatic rings. The molecule has 32 heavy (non-hydrogen) atoms. The first kappa shape index (κ1) is 21.3. The molecule has 0 heterocycles. The molecule has 3 aromatic carbocycles. The van der Waals surface area contributed by atoms with Gasteiger partial charge in [0.1, 0.15) is 0 Å². The Kier molecular flexibility index (Phi) is 6.31. The van der Waals surface area contributed by atoms with Crippen LogP contribution in [0.3, 0.4) is 0 Å². The Hall–Kier alpha value is -3.93. The molecule has 3 N–H and O–H groups in total. The Morgan fingerprint density at radius 3 is 1.81 bits per heavy atom. The lowest BCUT2D eigenvalue weighted by molar-refractivity contribution is -0.142. The lowest BCUT2D eigenvalue weighted by Gasteiger charge is -2.14. The van der Waals surface area contributed by atoms with Gasteiger partial charge in [-0.25, -0.2) is 4.79 Å². The number of ketones is 1. The summed E-state index contributed by atoms with van der Waals surface area (Å²) >= 11 is 0. The summed E-state index contributed by atoms with van der Waals surface area (Å²) in [6, 6.07) is 23.5. The molecule has 4 rings (SSSR count). The smallest absolute Gasteiger partial charge is 0.323 e. The van der Waals surface area contributed by atoms with Gasteiger partial charge in [-0.3, -0.25) is 9.59 Å². The monoisotopic (exact) mass is 428 g/mol. The minimum Gasteiger partial charge on any atom is -0.481 e. The van der Waals surface area contributed by atoms with Gasteiger partial charge in [0.25, 0.3) is 0 Å². The van der Waals surface area contributed by atoms with Crippen molar-refractivity contribution in [3.8, 4) is 11.1 Å². The van der Waals surface area contributed by atoms with Gasteiger partial charge in [-0.15, -0.1) is 0 Å². The fourth-order valence-corrected chi connectivity index (χ4v) is 4.17. The van der Waals surface area contributed by atoms with Crippen molar-refractivity contribution in [1.29, 1.82) is 0 Å². The molecule has 0 radical (unpaired) electrons. The molecular weight excluding hydrogens is 404 g/mol. The van der Waals surface area contributed by atoms with Gasteiger partial charge in [0.05, 0.1) is 5.92 Å². The van der Waals surface area contributed by atoms with Crippen LogP contribution in [0, 0.1) is 11.8 Å². The molecule has 0 spiro atoms. The Labute approximate surface area is 186 Å². The van der Waals surface area contributed by atoms with Crippen LogP contribution < -0.4 is 10.6 Å². The maximum Gasteiger partial charge on any atom is 0.323 e. The van der Waals surface area contributed by atoms with Gasteiger partial charge in [0.15, 0.2) is 5.78 Å². The number of aliphatic carboxylic acids is 1. The van der Waals surface area contributed by atoms with Crippen LogP contribution in [0.5, 0.6) is 0 Å². The van der Waals surface area contributed by atoms with E-state index in [2.05, 4.69) is 10.6 Å². The van der Waals surface area contributed by atoms with Crippen molar-refractivity contribution in [3.63, 3.8) is 0 Å². The Morgan fingerprint density at radius 2 is 1.22 bits per heavy atom. The largest absolute Gasteiger partial charge is 0.481 e. The quantitative estimate of drug-likeness (QED) is 0.440. The fraction of sp³-hybridized carbons (Fsp3) is 0.192. The summed E-state index contributed by atoms with van der Waals surface area (Å²) in [5, 5.41) is 14.9. The van der Waals surface area contributed by atoms with Gasteiger partial charge in [-0.05, 0) is 48.2 Å². The maximum atomic E-state index is 12.8. The van der Waals surface area contributed by atoms with Crippen molar-refractivity contribution in [1.82, 2.24) is 0 Å². The molecule has 0 saturated heterocycles. The molecule has 0 aromatic heterocycles. The highest BCUT2D eigenvalue weighted by atomic mass is 16.4. The molecule has 1 fully saturated rings. The summed E-state index contributed by atoms with van der Waals surface area (Å²) in [4.78, 5) is 36.3. The zero-order chi connectivity index (χ0) is 22.5. The molecular formula is C26H24N2O4. The molecule has 1 aliphatic carbocycles. The number of carbonyl (C=O) groups is 3. The van der Waals surface area contributed by atoms with Crippen LogP contribution in [0.25, 0.3) is 11.1 Å². The van der Waals surface area contributed by atoms with E-state index < -0.39 is 17.8 Å². The number of hydrogen-bond acceptors (Lipinski definition) is 3. The maximum absolute atomic E-state index is 12.8. The second-order valence-electron chi connectivity index (χ2n) is 7.95. The highest BCUT2D eigenvalue weighted by Gasteiger charge is 2.37. The van der Waals surface area contributed by atoms with Crippen LogP contribution in [0.15, 0.2) is 78.9 Å². The van der Waals surface area contributed by atoms with E-state index in [9.17, 15) is 19.5 Å². The second-order valence-corrected chi connectivity index (χ2v) is 7.95. The zero-order valence-corrected chi connectivity index (χ0v) is 17.5. The van der Waals surface area contributed by atoms with Gasteiger partial charge in [0.2, 0.25) is 0 Å². The number of nitrogens with one attached hydrogen (secondary N) is 2. The number of Topliss-reactive ketones (excluding diaryl/α,β-unsaturated/α-hetero) is 1. The summed E-state index contributed by atoms with van der Waals surface area (Å²) in [6.07, 6.45) is 1.96. The predicted molar refractivity (Wildman–Crippen MR) is 124 cm³/mol. The fourth-order valence-electron chi connectivity index (χ4n) is 4.17. The van der Waals surface area contributed by atoms with Gasteiger partial charge < -0.3 is 15.7 Å². The standard InChI is InChI=1S/C26H24N2O4/c29-24(22-7-4-8-23(22)25(30)31)19-11-9-17(10-12-19)18-13-15-21(16-14-18)28-26(32)27-20-5-2-1-3-6-20/h1-3,5-6,9-16,22-23H,4,7-8H2,(H,30,31)(H2,27,28,32)/t22-,23+/m0/s1. The molecule has 3 aromatic rings. The highest BCUT2D eigenvalue weighted by Crippen LogP contribution is 2.34. The number of carboxylic acids is 1. The first-order valence-corrected chi connectivity index (χ1v) is 10.6. The molecule has 1 saturated carbocycles. The molecule has 6 heteroatoms. The number of amides is 2. The number of anilines is 2. The van der Waals surface area contributed by atoms with Crippen molar-refractivity contribution >= 4 is 29.2 Å². The van der Waals surface area contributed by atoms with E-state index in [4.69, 9.17) is 0 Å². The average molecular weight is 428 g/mol. The summed E-state index contributed by atoms with van der Waals surface area (Å²) < 4.78 is 0. The number of hydrogen-bond donors (Lipinski definition) is 3. The van der Waals surface area contributed by atoms with E-state index >= 15 is 0 Å². The van der Waals surface area contributed by atoms with Crippen LogP contribution in [0.4, 0.5) is 16.2 Å². The second kappa shape index (κ2) is 9.47. The molecule has 0 unspecified atom stereocenters. The Balaban J connectivity index is 1.39. The summed E-state index contributed by atoms with van der Waals surface area (Å²) in [5.74, 6) is -2.00. The van der Waals surface area contributed by atoms with Gasteiger partial charge in [-0.2, -0.15) is 0 Å². The Bertz CT molecular complexity index is 1110. The topological polar surface area (TPSA) is 95.5 Å². The first-order chi connectivity index (χ1) is 15.5. The summed E-state index contributed by atoms with van der Waals surface area (Å²) in [6.45, 7) is 0. The molecule has 2 amide bonds. The average Bonchev–Trinajstić information content (AvgIpc) is 3.30. The number of rotatable bonds is 6. The van der Waals surface area contributed by atoms with E-state index in [1.807, 2.05) is 66.7 Å². The van der Waals surface area contributed by atoms with Gasteiger partial charge in [-0.1, -0.05) is 61.0 Å². The molecule has 0 bridgehead atoms. The lowest BCUT2D eigenvalue weighted by Crippen LogP contribution is -2.25. The minimum absolute atomic E-state index is 0.0922. The predicted octanol–water partition coefficient (Wildman–Crippen LogP) is 5.68. The number of benzene rings is 3. The van der Waals surface area contributed by atoms with E-state index in [-0.39, 0.29) is 11.8 Å². The number of para-hydroxylation sites is 1. The summed E-state index contributed by atoms with van der Waals surface area (Å²) in [5.41, 5.74) is 3.80. The molecule has 162 valence electrons. The lowest BCUT2D eigenvalue weighted by atomic mass is 9.88. The van der Waals surface area contributed by atoms with Crippen LogP contribution >= 0.6 is 0 Å². The Morgan fingerprint density at radius 1 is 0.688 bits per heavy atom. The van der Waals surface area contributed by atoms with Crippen LogP contribution in [0.1, 0.15) is 29.6 Å². The van der Waals surface area contributed by atoms with Crippen molar-refractivity contribution in [2.75, 3.05) is 10.6 Å². The number of carboxylic acid groups (broad SMARTS) is 1. The van der Waals surface area contributed by atoms with E-state index in [1.54, 1.807) is 12.1 Å². The SMILES string of the molecule is O=C(Nc1ccccc1)Nc1ccc(-c2ccc(C(=O)[C@H]3CCC[C@H]3C(=O)O)cc2)cc1. The van der Waals surface area contributed by atoms with Crippen molar-refractivity contribution in [2.24, 2.45) is 11.8 Å². The first-order valence-electron chi connectivity index (χ1n) is 10.6. The summed E-state index contributed by atoms with van der Waals surface area (Å²) in [7, 11) is 0. The van der Waals surface area contributed by atoms with E-state index in [0.29, 0.717) is 29.8 Å². The third-order valence-electron chi connectivity index (χ3n) is 5.85. The van der Waals surface area contributed by atoms with Crippen LogP contribution in [-0.4, -0.2) is 22.9 Å². The molecule has 2 atom stereocenters. The van der Waals surface area contributed by atoms with E-state index in [0.717, 1.165) is 17.5 Å². The van der Waals surface area contributed by atoms with Gasteiger partial charge in [0, 0.05) is 22.9 Å². The zero-order valence-electron chi connectivity index (χ0n) is 17.5. The van der Waals surface area contributed by atoms with Crippen LogP contribution in [-0.2, 0) is 4.79 Å². The van der Waals surface area contributed by atoms with Gasteiger partial charge >= 0.3 is 12.0 Å². The third kappa shape index (κ3) is 4.86.